The monoisotopic (exact) mass is 698 g/mol. The zero-order chi connectivity index (χ0) is 35.2. The molecule has 11 nitrogen and oxygen atoms in total. The summed E-state index contributed by atoms with van der Waals surface area (Å²) in [5.74, 6) is 0.929. The van der Waals surface area contributed by atoms with Crippen molar-refractivity contribution in [1.29, 1.82) is 0 Å². The molecule has 1 aromatic carbocycles. The highest BCUT2D eigenvalue weighted by atomic mass is 19.1. The van der Waals surface area contributed by atoms with E-state index in [4.69, 9.17) is 14.5 Å². The van der Waals surface area contributed by atoms with Gasteiger partial charge in [-0.3, -0.25) is 19.6 Å². The lowest BCUT2D eigenvalue weighted by molar-refractivity contribution is -0.111. The third kappa shape index (κ3) is 6.94. The Morgan fingerprint density at radius 2 is 1.94 bits per heavy atom. The molecule has 5 aliphatic rings. The van der Waals surface area contributed by atoms with E-state index in [0.29, 0.717) is 18.3 Å². The molecule has 6 heterocycles. The summed E-state index contributed by atoms with van der Waals surface area (Å²) in [6.45, 7) is 15.6. The Labute approximate surface area is 300 Å². The van der Waals surface area contributed by atoms with Crippen LogP contribution in [0.2, 0.25) is 0 Å². The minimum absolute atomic E-state index is 0.0414. The molecule has 12 heteroatoms. The zero-order valence-electron chi connectivity index (χ0n) is 30.3. The van der Waals surface area contributed by atoms with Crippen molar-refractivity contribution in [1.82, 2.24) is 34.9 Å². The highest BCUT2D eigenvalue weighted by molar-refractivity contribution is 5.97. The average Bonchev–Trinajstić information content (AvgIpc) is 3.57. The van der Waals surface area contributed by atoms with E-state index < -0.39 is 5.82 Å². The van der Waals surface area contributed by atoms with Gasteiger partial charge in [0.2, 0.25) is 0 Å². The Hall–Kier alpha value is -3.74. The van der Waals surface area contributed by atoms with E-state index in [0.717, 1.165) is 71.8 Å². The summed E-state index contributed by atoms with van der Waals surface area (Å²) in [6.07, 6.45) is 11.6. The normalized spacial score (nSPS) is 21.0. The van der Waals surface area contributed by atoms with Gasteiger partial charge in [-0.15, -0.1) is 10.2 Å². The number of fused-ring (bicyclic) bond motifs is 1. The number of pyridine rings is 1. The molecule has 8 rings (SSSR count). The lowest BCUT2D eigenvalue weighted by Gasteiger charge is -2.59. The number of carbonyl (C=O) groups excluding carboxylic acids is 1. The van der Waals surface area contributed by atoms with E-state index in [1.165, 1.54) is 73.5 Å². The van der Waals surface area contributed by atoms with Crippen molar-refractivity contribution in [3.05, 3.63) is 65.0 Å². The SMILES string of the molecule is CCN(C(=O)c1cc(F)ccc1Oc1nncnc1N1CC2(CC(Cc3ccnc4c3CN(CCCN3CC5(CCCO5)C3)CC4)C2)C1)C(C)C. The van der Waals surface area contributed by atoms with Crippen molar-refractivity contribution in [2.75, 3.05) is 63.9 Å². The average molecular weight is 699 g/mol. The Kier molecular flexibility index (Phi) is 9.43. The molecule has 0 bridgehead atoms. The van der Waals surface area contributed by atoms with Crippen LogP contribution in [-0.4, -0.2) is 111 Å². The van der Waals surface area contributed by atoms with Crippen LogP contribution in [-0.2, 0) is 24.1 Å². The van der Waals surface area contributed by atoms with Gasteiger partial charge in [-0.2, -0.15) is 0 Å². The van der Waals surface area contributed by atoms with E-state index in [2.05, 4.69) is 35.9 Å². The molecular weight excluding hydrogens is 647 g/mol. The summed E-state index contributed by atoms with van der Waals surface area (Å²) in [6, 6.07) is 6.22. The molecule has 1 amide bonds. The molecule has 1 aliphatic carbocycles. The van der Waals surface area contributed by atoms with Gasteiger partial charge in [-0.25, -0.2) is 9.37 Å². The van der Waals surface area contributed by atoms with Gasteiger partial charge in [0, 0.05) is 82.2 Å². The molecule has 0 radical (unpaired) electrons. The molecule has 1 saturated carbocycles. The van der Waals surface area contributed by atoms with Gasteiger partial charge in [0.05, 0.1) is 11.2 Å². The number of aromatic nitrogens is 4. The van der Waals surface area contributed by atoms with Crippen molar-refractivity contribution < 1.29 is 18.7 Å². The summed E-state index contributed by atoms with van der Waals surface area (Å²) >= 11 is 0. The third-order valence-corrected chi connectivity index (χ3v) is 11.9. The summed E-state index contributed by atoms with van der Waals surface area (Å²) in [5.41, 5.74) is 4.84. The predicted octanol–water partition coefficient (Wildman–Crippen LogP) is 5.14. The van der Waals surface area contributed by atoms with Gasteiger partial charge in [0.1, 0.15) is 17.9 Å². The third-order valence-electron chi connectivity index (χ3n) is 11.9. The maximum atomic E-state index is 14.3. The molecule has 0 atom stereocenters. The first-order valence-corrected chi connectivity index (χ1v) is 19.0. The first kappa shape index (κ1) is 34.4. The van der Waals surface area contributed by atoms with Crippen molar-refractivity contribution >= 4 is 11.7 Å². The van der Waals surface area contributed by atoms with Crippen LogP contribution in [0.3, 0.4) is 0 Å². The first-order valence-electron chi connectivity index (χ1n) is 19.0. The minimum atomic E-state index is -0.498. The van der Waals surface area contributed by atoms with E-state index in [9.17, 15) is 9.18 Å². The number of rotatable bonds is 12. The van der Waals surface area contributed by atoms with Crippen LogP contribution >= 0.6 is 0 Å². The number of hydrogen-bond acceptors (Lipinski definition) is 10. The van der Waals surface area contributed by atoms with Crippen molar-refractivity contribution in [2.45, 2.75) is 83.9 Å². The van der Waals surface area contributed by atoms with Crippen LogP contribution in [0.15, 0.2) is 36.8 Å². The van der Waals surface area contributed by atoms with Gasteiger partial charge in [0.15, 0.2) is 5.82 Å². The number of benzene rings is 1. The summed E-state index contributed by atoms with van der Waals surface area (Å²) in [7, 11) is 0. The highest BCUT2D eigenvalue weighted by Crippen LogP contribution is 2.54. The lowest BCUT2D eigenvalue weighted by Crippen LogP contribution is -2.63. The first-order chi connectivity index (χ1) is 24.7. The molecule has 3 aromatic rings. The van der Waals surface area contributed by atoms with E-state index >= 15 is 0 Å². The number of nitrogens with zero attached hydrogens (tertiary/aromatic N) is 8. The molecule has 2 aromatic heterocycles. The molecule has 3 saturated heterocycles. The zero-order valence-corrected chi connectivity index (χ0v) is 30.3. The van der Waals surface area contributed by atoms with E-state index in [1.807, 2.05) is 27.0 Å². The maximum Gasteiger partial charge on any atom is 0.282 e. The molecule has 0 N–H and O–H groups in total. The number of likely N-dealkylation sites (tertiary alicyclic amines) is 1. The van der Waals surface area contributed by atoms with Crippen LogP contribution in [0.1, 0.15) is 80.1 Å². The van der Waals surface area contributed by atoms with Gasteiger partial charge in [-0.1, -0.05) is 0 Å². The van der Waals surface area contributed by atoms with Gasteiger partial charge in [0.25, 0.3) is 11.8 Å². The number of carbonyl (C=O) groups is 1. The molecule has 272 valence electrons. The summed E-state index contributed by atoms with van der Waals surface area (Å²) in [5, 5.41) is 8.22. The van der Waals surface area contributed by atoms with Crippen LogP contribution < -0.4 is 9.64 Å². The van der Waals surface area contributed by atoms with Gasteiger partial charge in [-0.05, 0) is 114 Å². The van der Waals surface area contributed by atoms with Crippen molar-refractivity contribution in [2.24, 2.45) is 11.3 Å². The van der Waals surface area contributed by atoms with E-state index in [1.54, 1.807) is 4.90 Å². The second kappa shape index (κ2) is 14.0. The summed E-state index contributed by atoms with van der Waals surface area (Å²) in [4.78, 5) is 31.8. The van der Waals surface area contributed by atoms with Crippen LogP contribution in [0.25, 0.3) is 0 Å². The molecule has 51 heavy (non-hydrogen) atoms. The molecule has 0 unspecified atom stereocenters. The second-order valence-electron chi connectivity index (χ2n) is 16.0. The Morgan fingerprint density at radius 1 is 1.12 bits per heavy atom. The molecule has 4 aliphatic heterocycles. The Morgan fingerprint density at radius 3 is 2.71 bits per heavy atom. The Bertz CT molecular complexity index is 1730. The van der Waals surface area contributed by atoms with Gasteiger partial charge < -0.3 is 19.3 Å². The predicted molar refractivity (Wildman–Crippen MR) is 191 cm³/mol. The quantitative estimate of drug-likeness (QED) is 0.253. The fraction of sp³-hybridized carbons (Fsp3) is 0.615. The van der Waals surface area contributed by atoms with Crippen LogP contribution in [0, 0.1) is 17.2 Å². The van der Waals surface area contributed by atoms with Crippen LogP contribution in [0.4, 0.5) is 10.2 Å². The highest BCUT2D eigenvalue weighted by Gasteiger charge is 2.53. The smallest absolute Gasteiger partial charge is 0.282 e. The maximum absolute atomic E-state index is 14.3. The number of halogens is 1. The van der Waals surface area contributed by atoms with Crippen molar-refractivity contribution in [3.63, 3.8) is 0 Å². The number of amides is 1. The standard InChI is InChI=1S/C39H51FN8O3/c1-4-48(27(2)3)37(49)31-18-30(40)7-8-34(31)51-36-35(42-26-43-44-36)47-22-38(23-47)19-28(20-38)17-29-9-12-41-33-10-15-45(21-32(29)33)13-6-14-46-24-39(25-46)11-5-16-50-39/h7-9,12,18,26-28H,4-6,10-11,13-17,19-25H2,1-3H3. The largest absolute Gasteiger partial charge is 0.434 e. The lowest BCUT2D eigenvalue weighted by atomic mass is 9.56. The second-order valence-corrected chi connectivity index (χ2v) is 16.0. The summed E-state index contributed by atoms with van der Waals surface area (Å²) < 4.78 is 26.5. The number of ether oxygens (including phenoxy) is 2. The molecular formula is C39H51FN8O3. The Balaban J connectivity index is 0.849. The van der Waals surface area contributed by atoms with E-state index in [-0.39, 0.29) is 40.2 Å². The number of anilines is 1. The van der Waals surface area contributed by atoms with Crippen molar-refractivity contribution in [3.8, 4) is 11.6 Å². The molecule has 4 fully saturated rings. The fourth-order valence-electron chi connectivity index (χ4n) is 9.48. The topological polar surface area (TPSA) is 100 Å². The molecule has 2 spiro atoms. The minimum Gasteiger partial charge on any atom is -0.434 e. The number of hydrogen-bond donors (Lipinski definition) is 0. The fourth-order valence-corrected chi connectivity index (χ4v) is 9.48. The van der Waals surface area contributed by atoms with Crippen LogP contribution in [0.5, 0.6) is 11.6 Å². The van der Waals surface area contributed by atoms with Gasteiger partial charge >= 0.3 is 0 Å².